The minimum absolute atomic E-state index is 0.00888. The van der Waals surface area contributed by atoms with Gasteiger partial charge in [0.25, 0.3) is 5.91 Å². The Hall–Kier alpha value is -2.44. The second-order valence-electron chi connectivity index (χ2n) is 7.96. The fourth-order valence-corrected chi connectivity index (χ4v) is 3.76. The van der Waals surface area contributed by atoms with Crippen molar-refractivity contribution in [2.75, 3.05) is 7.11 Å². The molecule has 0 aliphatic heterocycles. The summed E-state index contributed by atoms with van der Waals surface area (Å²) < 4.78 is 10.3. The first kappa shape index (κ1) is 19.9. The zero-order valence-electron chi connectivity index (χ0n) is 16.1. The number of rotatable bonds is 4. The van der Waals surface area contributed by atoms with Crippen molar-refractivity contribution >= 4 is 17.7 Å². The molecule has 26 heavy (non-hydrogen) atoms. The second kappa shape index (κ2) is 7.05. The minimum atomic E-state index is -0.573. The topological polar surface area (TPSA) is 94.6 Å². The maximum Gasteiger partial charge on any atom is 0.308 e. The summed E-state index contributed by atoms with van der Waals surface area (Å²) in [5.74, 6) is -0.608. The van der Waals surface area contributed by atoms with Gasteiger partial charge in [0.1, 0.15) is 5.78 Å². The van der Waals surface area contributed by atoms with Crippen molar-refractivity contribution < 1.29 is 23.9 Å². The summed E-state index contributed by atoms with van der Waals surface area (Å²) in [7, 11) is 1.42. The van der Waals surface area contributed by atoms with Crippen LogP contribution in [0.15, 0.2) is 12.3 Å². The van der Waals surface area contributed by atoms with E-state index in [4.69, 9.17) is 9.47 Å². The van der Waals surface area contributed by atoms with Gasteiger partial charge in [-0.2, -0.15) is 0 Å². The molecule has 0 radical (unpaired) electrons. The van der Waals surface area contributed by atoms with Gasteiger partial charge in [-0.05, 0) is 12.8 Å². The number of nitrogens with one attached hydrogen (secondary N) is 1. The molecule has 7 nitrogen and oxygen atoms in total. The first-order valence-corrected chi connectivity index (χ1v) is 8.55. The molecule has 0 unspecified atom stereocenters. The second-order valence-corrected chi connectivity index (χ2v) is 7.96. The van der Waals surface area contributed by atoms with Crippen molar-refractivity contribution in [2.45, 2.75) is 53.5 Å². The van der Waals surface area contributed by atoms with Crippen LogP contribution in [0.5, 0.6) is 11.5 Å². The van der Waals surface area contributed by atoms with E-state index in [0.717, 1.165) is 0 Å². The van der Waals surface area contributed by atoms with E-state index in [9.17, 15) is 14.4 Å². The van der Waals surface area contributed by atoms with Crippen LogP contribution in [0.2, 0.25) is 0 Å². The van der Waals surface area contributed by atoms with Crippen LogP contribution in [0.1, 0.15) is 57.9 Å². The van der Waals surface area contributed by atoms with Gasteiger partial charge in [-0.15, -0.1) is 0 Å². The summed E-state index contributed by atoms with van der Waals surface area (Å²) >= 11 is 0. The highest BCUT2D eigenvalue weighted by Gasteiger charge is 2.46. The predicted molar refractivity (Wildman–Crippen MR) is 95.2 cm³/mol. The van der Waals surface area contributed by atoms with E-state index in [1.807, 2.05) is 27.7 Å². The predicted octanol–water partition coefficient (Wildman–Crippen LogP) is 2.53. The number of pyridine rings is 1. The largest absolute Gasteiger partial charge is 0.493 e. The zero-order valence-corrected chi connectivity index (χ0v) is 16.1. The number of nitrogens with zero attached hydrogens (tertiary/aromatic N) is 1. The lowest BCUT2D eigenvalue weighted by Crippen LogP contribution is -2.52. The van der Waals surface area contributed by atoms with Crippen LogP contribution in [0, 0.1) is 10.8 Å². The standard InChI is InChI=1S/C19H26N2O5/c1-11(22)26-15-13(25-6)7-8-20-14(15)16(23)21-12-9-18(2,3)17(24)19(4,5)10-12/h7-8,12H,9-10H2,1-6H3,(H,21,23). The monoisotopic (exact) mass is 362 g/mol. The third kappa shape index (κ3) is 4.03. The van der Waals surface area contributed by atoms with Crippen molar-refractivity contribution in [3.8, 4) is 11.5 Å². The van der Waals surface area contributed by atoms with Crippen molar-refractivity contribution in [1.82, 2.24) is 10.3 Å². The number of hydrogen-bond donors (Lipinski definition) is 1. The Morgan fingerprint density at radius 3 is 2.27 bits per heavy atom. The normalized spacial score (nSPS) is 18.9. The first-order chi connectivity index (χ1) is 12.0. The summed E-state index contributed by atoms with van der Waals surface area (Å²) in [6.07, 6.45) is 2.49. The van der Waals surface area contributed by atoms with E-state index in [1.54, 1.807) is 0 Å². The number of ketones is 1. The molecule has 1 aromatic rings. The van der Waals surface area contributed by atoms with Gasteiger partial charge in [0.05, 0.1) is 7.11 Å². The summed E-state index contributed by atoms with van der Waals surface area (Å²) in [6.45, 7) is 8.81. The average molecular weight is 362 g/mol. The van der Waals surface area contributed by atoms with Crippen molar-refractivity contribution in [2.24, 2.45) is 10.8 Å². The third-order valence-corrected chi connectivity index (χ3v) is 4.63. The van der Waals surface area contributed by atoms with Crippen LogP contribution in [-0.4, -0.2) is 35.8 Å². The fourth-order valence-electron chi connectivity index (χ4n) is 3.76. The van der Waals surface area contributed by atoms with Crippen LogP contribution >= 0.6 is 0 Å². The highest BCUT2D eigenvalue weighted by Crippen LogP contribution is 2.42. The Kier molecular flexibility index (Phi) is 5.39. The van der Waals surface area contributed by atoms with E-state index in [1.165, 1.54) is 26.3 Å². The molecular formula is C19H26N2O5. The van der Waals surface area contributed by atoms with Gasteiger partial charge in [-0.25, -0.2) is 4.98 Å². The molecule has 0 saturated heterocycles. The number of hydrogen-bond acceptors (Lipinski definition) is 6. The van der Waals surface area contributed by atoms with Gasteiger partial charge in [0, 0.05) is 36.1 Å². The summed E-state index contributed by atoms with van der Waals surface area (Å²) in [6, 6.07) is 1.32. The maximum absolute atomic E-state index is 12.8. The van der Waals surface area contributed by atoms with E-state index in [-0.39, 0.29) is 29.0 Å². The minimum Gasteiger partial charge on any atom is -0.493 e. The van der Waals surface area contributed by atoms with Crippen LogP contribution in [0.25, 0.3) is 0 Å². The summed E-state index contributed by atoms with van der Waals surface area (Å²) in [4.78, 5) is 40.7. The molecule has 142 valence electrons. The molecular weight excluding hydrogens is 336 g/mol. The molecule has 1 amide bonds. The molecule has 1 saturated carbocycles. The van der Waals surface area contributed by atoms with Crippen LogP contribution < -0.4 is 14.8 Å². The number of carbonyl (C=O) groups is 3. The van der Waals surface area contributed by atoms with Crippen molar-refractivity contribution in [3.63, 3.8) is 0 Å². The number of aromatic nitrogens is 1. The molecule has 0 bridgehead atoms. The fraction of sp³-hybridized carbons (Fsp3) is 0.579. The van der Waals surface area contributed by atoms with Gasteiger partial charge in [-0.1, -0.05) is 27.7 Å². The van der Waals surface area contributed by atoms with Gasteiger partial charge >= 0.3 is 5.97 Å². The number of amides is 1. The highest BCUT2D eigenvalue weighted by molar-refractivity contribution is 5.97. The molecule has 0 aromatic carbocycles. The maximum atomic E-state index is 12.8. The summed E-state index contributed by atoms with van der Waals surface area (Å²) in [5.41, 5.74) is -1.08. The molecule has 0 atom stereocenters. The molecule has 1 heterocycles. The SMILES string of the molecule is COc1ccnc(C(=O)NC2CC(C)(C)C(=O)C(C)(C)C2)c1OC(C)=O. The van der Waals surface area contributed by atoms with Crippen LogP contribution in [0.4, 0.5) is 0 Å². The Labute approximate surface area is 153 Å². The van der Waals surface area contributed by atoms with E-state index < -0.39 is 22.7 Å². The number of carbonyl (C=O) groups excluding carboxylic acids is 3. The highest BCUT2D eigenvalue weighted by atomic mass is 16.6. The van der Waals surface area contributed by atoms with Gasteiger partial charge in [0.2, 0.25) is 5.75 Å². The number of esters is 1. The third-order valence-electron chi connectivity index (χ3n) is 4.63. The Balaban J connectivity index is 2.28. The van der Waals surface area contributed by atoms with E-state index in [2.05, 4.69) is 10.3 Å². The molecule has 7 heteroatoms. The smallest absolute Gasteiger partial charge is 0.308 e. The Morgan fingerprint density at radius 1 is 1.19 bits per heavy atom. The lowest BCUT2D eigenvalue weighted by Gasteiger charge is -2.43. The molecule has 1 aliphatic rings. The molecule has 1 N–H and O–H groups in total. The van der Waals surface area contributed by atoms with Gasteiger partial charge < -0.3 is 14.8 Å². The number of methoxy groups -OCH3 is 1. The Morgan fingerprint density at radius 2 is 1.77 bits per heavy atom. The van der Waals surface area contributed by atoms with Crippen LogP contribution in [0.3, 0.4) is 0 Å². The zero-order chi connectivity index (χ0) is 19.7. The average Bonchev–Trinajstić information content (AvgIpc) is 2.51. The number of ether oxygens (including phenoxy) is 2. The van der Waals surface area contributed by atoms with Crippen molar-refractivity contribution in [1.29, 1.82) is 0 Å². The molecule has 1 aromatic heterocycles. The Bertz CT molecular complexity index is 719. The lowest BCUT2D eigenvalue weighted by molar-refractivity contribution is -0.140. The first-order valence-electron chi connectivity index (χ1n) is 8.55. The molecule has 0 spiro atoms. The lowest BCUT2D eigenvalue weighted by atomic mass is 9.62. The number of Topliss-reactive ketones (excluding diaryl/α,β-unsaturated/α-hetero) is 1. The molecule has 1 aliphatic carbocycles. The van der Waals surface area contributed by atoms with E-state index in [0.29, 0.717) is 12.8 Å². The van der Waals surface area contributed by atoms with E-state index >= 15 is 0 Å². The molecule has 1 fully saturated rings. The van der Waals surface area contributed by atoms with Gasteiger partial charge in [-0.3, -0.25) is 14.4 Å². The molecule has 2 rings (SSSR count). The quantitative estimate of drug-likeness (QED) is 0.827. The van der Waals surface area contributed by atoms with Crippen LogP contribution in [-0.2, 0) is 9.59 Å². The summed E-state index contributed by atoms with van der Waals surface area (Å²) in [5, 5.41) is 2.93. The van der Waals surface area contributed by atoms with Crippen molar-refractivity contribution in [3.05, 3.63) is 18.0 Å². The van der Waals surface area contributed by atoms with Gasteiger partial charge in [0.15, 0.2) is 11.4 Å².